The first-order chi connectivity index (χ1) is 14.7. The maximum Gasteiger partial charge on any atom is 0.259 e. The molecule has 1 aliphatic heterocycles. The predicted octanol–water partition coefficient (Wildman–Crippen LogP) is 4.52. The lowest BCUT2D eigenvalue weighted by Gasteiger charge is -2.12. The number of hydrogen-bond donors (Lipinski definition) is 2. The molecule has 2 amide bonds. The minimum atomic E-state index is -0.295. The van der Waals surface area contributed by atoms with Gasteiger partial charge in [0, 0.05) is 11.4 Å². The van der Waals surface area contributed by atoms with Gasteiger partial charge in [-0.2, -0.15) is 0 Å². The van der Waals surface area contributed by atoms with E-state index in [9.17, 15) is 9.59 Å². The summed E-state index contributed by atoms with van der Waals surface area (Å²) in [5.41, 5.74) is 1.96. The van der Waals surface area contributed by atoms with Crippen LogP contribution in [0, 0.1) is 0 Å². The zero-order chi connectivity index (χ0) is 20.8. The van der Waals surface area contributed by atoms with Crippen LogP contribution >= 0.6 is 0 Å². The number of carbonyl (C=O) groups excluding carboxylic acids is 2. The molecule has 0 saturated heterocycles. The zero-order valence-corrected chi connectivity index (χ0v) is 16.1. The number of fused-ring (bicyclic) bond motifs is 4. The SMILES string of the molecule is O=C1Nc2cccc(c2)NC(=O)c2ccccc2OC/C=C/COc2ccccc21. The molecule has 3 aromatic carbocycles. The monoisotopic (exact) mass is 400 g/mol. The van der Waals surface area contributed by atoms with Crippen molar-refractivity contribution in [3.63, 3.8) is 0 Å². The van der Waals surface area contributed by atoms with Crippen molar-refractivity contribution in [3.8, 4) is 11.5 Å². The summed E-state index contributed by atoms with van der Waals surface area (Å²) >= 11 is 0. The lowest BCUT2D eigenvalue weighted by molar-refractivity contribution is 0.101. The third-order valence-corrected chi connectivity index (χ3v) is 4.48. The number of para-hydroxylation sites is 2. The fourth-order valence-corrected chi connectivity index (χ4v) is 3.04. The van der Waals surface area contributed by atoms with Crippen LogP contribution in [0.4, 0.5) is 11.4 Å². The fraction of sp³-hybridized carbons (Fsp3) is 0.0833. The Morgan fingerprint density at radius 2 is 1.07 bits per heavy atom. The molecule has 1 aliphatic rings. The molecule has 6 nitrogen and oxygen atoms in total. The number of rotatable bonds is 0. The van der Waals surface area contributed by atoms with Gasteiger partial charge in [-0.05, 0) is 54.6 Å². The highest BCUT2D eigenvalue weighted by Crippen LogP contribution is 2.23. The first kappa shape index (κ1) is 19.3. The smallest absolute Gasteiger partial charge is 0.259 e. The summed E-state index contributed by atoms with van der Waals surface area (Å²) in [5, 5.41) is 5.71. The third-order valence-electron chi connectivity index (χ3n) is 4.48. The van der Waals surface area contributed by atoms with E-state index in [1.807, 2.05) is 12.1 Å². The molecule has 6 heteroatoms. The molecule has 30 heavy (non-hydrogen) atoms. The molecule has 2 bridgehead atoms. The van der Waals surface area contributed by atoms with Gasteiger partial charge >= 0.3 is 0 Å². The summed E-state index contributed by atoms with van der Waals surface area (Å²) in [4.78, 5) is 25.5. The number of ether oxygens (including phenoxy) is 2. The molecule has 2 N–H and O–H groups in total. The van der Waals surface area contributed by atoms with E-state index < -0.39 is 0 Å². The van der Waals surface area contributed by atoms with Crippen LogP contribution in [0.1, 0.15) is 20.7 Å². The molecule has 4 rings (SSSR count). The van der Waals surface area contributed by atoms with E-state index in [0.29, 0.717) is 34.0 Å². The molecular formula is C24H20N2O4. The van der Waals surface area contributed by atoms with Gasteiger partial charge in [0.25, 0.3) is 11.8 Å². The van der Waals surface area contributed by atoms with Gasteiger partial charge < -0.3 is 20.1 Å². The van der Waals surface area contributed by atoms with E-state index >= 15 is 0 Å². The summed E-state index contributed by atoms with van der Waals surface area (Å²) in [6.45, 7) is 0.566. The molecule has 0 saturated carbocycles. The lowest BCUT2D eigenvalue weighted by atomic mass is 10.1. The second kappa shape index (κ2) is 8.96. The Morgan fingerprint density at radius 1 is 0.600 bits per heavy atom. The molecule has 150 valence electrons. The van der Waals surface area contributed by atoms with Gasteiger partial charge in [-0.1, -0.05) is 30.3 Å². The van der Waals surface area contributed by atoms with Crippen LogP contribution in [0.3, 0.4) is 0 Å². The molecule has 3 aromatic rings. The van der Waals surface area contributed by atoms with Gasteiger partial charge in [0.2, 0.25) is 0 Å². The van der Waals surface area contributed by atoms with Gasteiger partial charge in [0.15, 0.2) is 0 Å². The van der Waals surface area contributed by atoms with Crippen molar-refractivity contribution in [1.29, 1.82) is 0 Å². The fourth-order valence-electron chi connectivity index (χ4n) is 3.04. The Bertz CT molecular complexity index is 1020. The Labute approximate surface area is 174 Å². The van der Waals surface area contributed by atoms with E-state index in [1.165, 1.54) is 0 Å². The van der Waals surface area contributed by atoms with Crippen LogP contribution in [-0.4, -0.2) is 25.0 Å². The van der Waals surface area contributed by atoms with Gasteiger partial charge in [-0.25, -0.2) is 0 Å². The number of anilines is 2. The minimum Gasteiger partial charge on any atom is -0.489 e. The maximum atomic E-state index is 12.8. The second-order valence-corrected chi connectivity index (χ2v) is 6.57. The van der Waals surface area contributed by atoms with Crippen molar-refractivity contribution in [2.24, 2.45) is 0 Å². The van der Waals surface area contributed by atoms with Crippen LogP contribution in [0.15, 0.2) is 84.9 Å². The van der Waals surface area contributed by atoms with Gasteiger partial charge in [-0.3, -0.25) is 9.59 Å². The normalized spacial score (nSPS) is 15.2. The summed E-state index contributed by atoms with van der Waals surface area (Å²) in [5.74, 6) is 0.381. The van der Waals surface area contributed by atoms with E-state index in [4.69, 9.17) is 9.47 Å². The lowest BCUT2D eigenvalue weighted by Crippen LogP contribution is -2.15. The molecule has 0 radical (unpaired) electrons. The highest BCUT2D eigenvalue weighted by atomic mass is 16.5. The molecule has 0 unspecified atom stereocenters. The Morgan fingerprint density at radius 3 is 1.57 bits per heavy atom. The number of benzene rings is 3. The third kappa shape index (κ3) is 4.50. The van der Waals surface area contributed by atoms with Crippen LogP contribution in [0.2, 0.25) is 0 Å². The Kier molecular flexibility index (Phi) is 5.75. The first-order valence-corrected chi connectivity index (χ1v) is 9.52. The predicted molar refractivity (Wildman–Crippen MR) is 115 cm³/mol. The largest absolute Gasteiger partial charge is 0.489 e. The van der Waals surface area contributed by atoms with Crippen molar-refractivity contribution in [2.75, 3.05) is 23.8 Å². The van der Waals surface area contributed by atoms with E-state index in [1.54, 1.807) is 72.8 Å². The summed E-state index contributed by atoms with van der Waals surface area (Å²) < 4.78 is 11.5. The molecule has 0 atom stereocenters. The highest BCUT2D eigenvalue weighted by molar-refractivity contribution is 6.08. The molecule has 0 fully saturated rings. The summed E-state index contributed by atoms with van der Waals surface area (Å²) in [7, 11) is 0. The molecule has 0 spiro atoms. The summed E-state index contributed by atoms with van der Waals surface area (Å²) in [6.07, 6.45) is 3.61. The molecule has 0 aliphatic carbocycles. The first-order valence-electron chi connectivity index (χ1n) is 9.52. The Hall–Kier alpha value is -4.06. The average Bonchev–Trinajstić information content (AvgIpc) is 2.76. The second-order valence-electron chi connectivity index (χ2n) is 6.57. The van der Waals surface area contributed by atoms with Gasteiger partial charge in [-0.15, -0.1) is 0 Å². The standard InChI is InChI=1S/C24H20N2O4/c27-23-19-10-1-3-12-21(19)29-14-5-6-15-30-22-13-4-2-11-20(22)24(28)26-18-9-7-8-17(16-18)25-23/h1-13,16H,14-15H2,(H,25,27)(H,26,28)/b6-5+. The molecule has 0 aromatic heterocycles. The van der Waals surface area contributed by atoms with Crippen LogP contribution in [0.25, 0.3) is 0 Å². The molecular weight excluding hydrogens is 380 g/mol. The topological polar surface area (TPSA) is 76.7 Å². The van der Waals surface area contributed by atoms with Crippen molar-refractivity contribution in [1.82, 2.24) is 0 Å². The number of carbonyl (C=O) groups is 2. The van der Waals surface area contributed by atoms with Crippen molar-refractivity contribution < 1.29 is 19.1 Å². The average molecular weight is 400 g/mol. The molecule has 1 heterocycles. The van der Waals surface area contributed by atoms with E-state index in [-0.39, 0.29) is 25.0 Å². The van der Waals surface area contributed by atoms with Crippen molar-refractivity contribution in [3.05, 3.63) is 96.1 Å². The highest BCUT2D eigenvalue weighted by Gasteiger charge is 2.15. The minimum absolute atomic E-state index is 0.283. The van der Waals surface area contributed by atoms with Crippen molar-refractivity contribution in [2.45, 2.75) is 0 Å². The van der Waals surface area contributed by atoms with Gasteiger partial charge in [0.05, 0.1) is 11.1 Å². The summed E-state index contributed by atoms with van der Waals surface area (Å²) in [6, 6.07) is 21.1. The Balaban J connectivity index is 1.68. The number of hydrogen-bond acceptors (Lipinski definition) is 4. The van der Waals surface area contributed by atoms with Crippen LogP contribution in [0.5, 0.6) is 11.5 Å². The van der Waals surface area contributed by atoms with Crippen molar-refractivity contribution >= 4 is 23.2 Å². The quantitative estimate of drug-likeness (QED) is 0.544. The number of amides is 2. The van der Waals surface area contributed by atoms with E-state index in [2.05, 4.69) is 10.6 Å². The maximum absolute atomic E-state index is 12.8. The van der Waals surface area contributed by atoms with E-state index in [0.717, 1.165) is 0 Å². The number of nitrogens with one attached hydrogen (secondary N) is 2. The van der Waals surface area contributed by atoms with Crippen LogP contribution < -0.4 is 20.1 Å². The zero-order valence-electron chi connectivity index (χ0n) is 16.1. The van der Waals surface area contributed by atoms with Gasteiger partial charge in [0.1, 0.15) is 24.7 Å². The van der Waals surface area contributed by atoms with Crippen LogP contribution in [-0.2, 0) is 0 Å².